The molecule has 76 valence electrons. The second-order valence-electron chi connectivity index (χ2n) is 4.24. The van der Waals surface area contributed by atoms with Crippen LogP contribution in [0.25, 0.3) is 0 Å². The molecule has 0 aromatic heterocycles. The van der Waals surface area contributed by atoms with Gasteiger partial charge in [0, 0.05) is 16.2 Å². The molecule has 0 fully saturated rings. The molecule has 0 saturated heterocycles. The molecular weight excluding hydrogens is 190 g/mol. The van der Waals surface area contributed by atoms with E-state index in [1.54, 1.807) is 0 Å². The second-order valence-corrected chi connectivity index (χ2v) is 5.73. The monoisotopic (exact) mass is 207 g/mol. The van der Waals surface area contributed by atoms with Gasteiger partial charge in [0.1, 0.15) is 0 Å². The van der Waals surface area contributed by atoms with Crippen molar-refractivity contribution in [1.82, 2.24) is 0 Å². The maximum Gasteiger partial charge on any atom is 0.0316 e. The molecule has 1 aromatic rings. The van der Waals surface area contributed by atoms with Crippen molar-refractivity contribution in [3.8, 4) is 0 Å². The highest BCUT2D eigenvalue weighted by atomic mass is 32.2. The Bertz CT molecular complexity index is 360. The third kappa shape index (κ3) is 1.69. The Morgan fingerprint density at radius 1 is 1.29 bits per heavy atom. The van der Waals surface area contributed by atoms with E-state index in [0.717, 1.165) is 6.42 Å². The Morgan fingerprint density at radius 3 is 2.64 bits per heavy atom. The highest BCUT2D eigenvalue weighted by molar-refractivity contribution is 8.00. The summed E-state index contributed by atoms with van der Waals surface area (Å²) in [5.41, 5.74) is 10.2. The maximum absolute atomic E-state index is 6.14. The van der Waals surface area contributed by atoms with Crippen LogP contribution in [0.1, 0.15) is 36.1 Å². The van der Waals surface area contributed by atoms with Gasteiger partial charge in [0.05, 0.1) is 0 Å². The van der Waals surface area contributed by atoms with E-state index in [4.69, 9.17) is 5.73 Å². The molecule has 2 rings (SSSR count). The molecule has 0 amide bonds. The number of fused-ring (bicyclic) bond motifs is 1. The van der Waals surface area contributed by atoms with Gasteiger partial charge in [-0.05, 0) is 43.0 Å². The van der Waals surface area contributed by atoms with Crippen LogP contribution in [-0.4, -0.2) is 5.25 Å². The van der Waals surface area contributed by atoms with Crippen LogP contribution in [0, 0.1) is 13.8 Å². The van der Waals surface area contributed by atoms with Gasteiger partial charge in [0.15, 0.2) is 0 Å². The molecule has 2 unspecified atom stereocenters. The minimum atomic E-state index is 0.237. The average molecular weight is 207 g/mol. The number of hydrogen-bond donors (Lipinski definition) is 1. The Balaban J connectivity index is 2.49. The van der Waals surface area contributed by atoms with Crippen molar-refractivity contribution < 1.29 is 0 Å². The first-order chi connectivity index (χ1) is 6.58. The fourth-order valence-electron chi connectivity index (χ4n) is 1.95. The lowest BCUT2D eigenvalue weighted by Crippen LogP contribution is -2.20. The van der Waals surface area contributed by atoms with E-state index in [-0.39, 0.29) is 6.04 Å². The summed E-state index contributed by atoms with van der Waals surface area (Å²) in [6.45, 7) is 6.58. The minimum Gasteiger partial charge on any atom is -0.324 e. The normalized spacial score (nSPS) is 26.0. The van der Waals surface area contributed by atoms with E-state index in [9.17, 15) is 0 Å². The van der Waals surface area contributed by atoms with Crippen molar-refractivity contribution in [1.29, 1.82) is 0 Å². The van der Waals surface area contributed by atoms with Crippen molar-refractivity contribution in [2.75, 3.05) is 0 Å². The molecule has 2 atom stereocenters. The molecular formula is C12H17NS. The van der Waals surface area contributed by atoms with Crippen LogP contribution in [0.5, 0.6) is 0 Å². The third-order valence-electron chi connectivity index (χ3n) is 2.94. The van der Waals surface area contributed by atoms with Gasteiger partial charge in [0.2, 0.25) is 0 Å². The summed E-state index contributed by atoms with van der Waals surface area (Å²) in [7, 11) is 0. The zero-order chi connectivity index (χ0) is 10.3. The summed E-state index contributed by atoms with van der Waals surface area (Å²) >= 11 is 1.96. The largest absolute Gasteiger partial charge is 0.324 e. The van der Waals surface area contributed by atoms with Crippen LogP contribution in [-0.2, 0) is 0 Å². The molecule has 14 heavy (non-hydrogen) atoms. The fourth-order valence-corrected chi connectivity index (χ4v) is 3.28. The summed E-state index contributed by atoms with van der Waals surface area (Å²) in [6, 6.07) is 4.78. The summed E-state index contributed by atoms with van der Waals surface area (Å²) in [5, 5.41) is 0.652. The van der Waals surface area contributed by atoms with Crippen LogP contribution >= 0.6 is 11.8 Å². The average Bonchev–Trinajstić information content (AvgIpc) is 2.08. The number of thioether (sulfide) groups is 1. The molecule has 0 bridgehead atoms. The van der Waals surface area contributed by atoms with E-state index < -0.39 is 0 Å². The van der Waals surface area contributed by atoms with Gasteiger partial charge in [-0.3, -0.25) is 0 Å². The van der Waals surface area contributed by atoms with E-state index in [1.807, 2.05) is 11.8 Å². The van der Waals surface area contributed by atoms with Gasteiger partial charge in [-0.1, -0.05) is 13.0 Å². The van der Waals surface area contributed by atoms with Crippen LogP contribution in [0.2, 0.25) is 0 Å². The first kappa shape index (κ1) is 10.1. The van der Waals surface area contributed by atoms with E-state index in [1.165, 1.54) is 21.6 Å². The van der Waals surface area contributed by atoms with Crippen molar-refractivity contribution >= 4 is 11.8 Å². The summed E-state index contributed by atoms with van der Waals surface area (Å²) in [5.74, 6) is 0. The summed E-state index contributed by atoms with van der Waals surface area (Å²) in [4.78, 5) is 1.39. The third-order valence-corrected chi connectivity index (χ3v) is 4.14. The lowest BCUT2D eigenvalue weighted by Gasteiger charge is -2.27. The number of hydrogen-bond acceptors (Lipinski definition) is 2. The van der Waals surface area contributed by atoms with Gasteiger partial charge in [-0.2, -0.15) is 0 Å². The Labute approximate surface area is 90.1 Å². The van der Waals surface area contributed by atoms with E-state index >= 15 is 0 Å². The Hall–Kier alpha value is -0.470. The molecule has 2 N–H and O–H groups in total. The summed E-state index contributed by atoms with van der Waals surface area (Å²) in [6.07, 6.45) is 1.10. The zero-order valence-electron chi connectivity index (χ0n) is 9.00. The zero-order valence-corrected chi connectivity index (χ0v) is 9.82. The standard InChI is InChI=1S/C12H17NS/c1-7-4-10-11(13)6-9(3)14-12(10)5-8(7)2/h4-5,9,11H,6,13H2,1-3H3. The second kappa shape index (κ2) is 3.59. The number of nitrogens with two attached hydrogens (primary N) is 1. The quantitative estimate of drug-likeness (QED) is 0.707. The molecule has 1 nitrogen and oxygen atoms in total. The Morgan fingerprint density at radius 2 is 1.93 bits per heavy atom. The Kier molecular flexibility index (Phi) is 2.58. The molecule has 0 spiro atoms. The molecule has 1 aliphatic rings. The van der Waals surface area contributed by atoms with Crippen molar-refractivity contribution in [2.45, 2.75) is 43.4 Å². The van der Waals surface area contributed by atoms with Gasteiger partial charge in [-0.15, -0.1) is 11.8 Å². The molecule has 0 aliphatic carbocycles. The van der Waals surface area contributed by atoms with Crippen molar-refractivity contribution in [2.24, 2.45) is 5.73 Å². The van der Waals surface area contributed by atoms with Gasteiger partial charge >= 0.3 is 0 Å². The predicted octanol–water partition coefficient (Wildman–Crippen LogP) is 3.19. The lowest BCUT2D eigenvalue weighted by atomic mass is 9.98. The van der Waals surface area contributed by atoms with Crippen LogP contribution < -0.4 is 5.73 Å². The topological polar surface area (TPSA) is 26.0 Å². The van der Waals surface area contributed by atoms with E-state index in [2.05, 4.69) is 32.9 Å². The number of benzene rings is 1. The number of rotatable bonds is 0. The summed E-state index contributed by atoms with van der Waals surface area (Å²) < 4.78 is 0. The van der Waals surface area contributed by atoms with Gasteiger partial charge in [-0.25, -0.2) is 0 Å². The highest BCUT2D eigenvalue weighted by Gasteiger charge is 2.22. The van der Waals surface area contributed by atoms with Gasteiger partial charge < -0.3 is 5.73 Å². The van der Waals surface area contributed by atoms with Crippen LogP contribution in [0.4, 0.5) is 0 Å². The fraction of sp³-hybridized carbons (Fsp3) is 0.500. The van der Waals surface area contributed by atoms with E-state index in [0.29, 0.717) is 5.25 Å². The molecule has 0 saturated carbocycles. The highest BCUT2D eigenvalue weighted by Crippen LogP contribution is 2.40. The lowest BCUT2D eigenvalue weighted by molar-refractivity contribution is 0.624. The molecule has 1 aromatic carbocycles. The molecule has 0 radical (unpaired) electrons. The minimum absolute atomic E-state index is 0.237. The van der Waals surface area contributed by atoms with Crippen molar-refractivity contribution in [3.63, 3.8) is 0 Å². The number of aryl methyl sites for hydroxylation is 2. The first-order valence-electron chi connectivity index (χ1n) is 5.11. The smallest absolute Gasteiger partial charge is 0.0316 e. The predicted molar refractivity (Wildman–Crippen MR) is 62.8 cm³/mol. The SMILES string of the molecule is Cc1cc2c(cc1C)C(N)CC(C)S2. The molecule has 2 heteroatoms. The molecule has 1 heterocycles. The molecule has 1 aliphatic heterocycles. The van der Waals surface area contributed by atoms with Crippen LogP contribution in [0.3, 0.4) is 0 Å². The van der Waals surface area contributed by atoms with Crippen LogP contribution in [0.15, 0.2) is 17.0 Å². The first-order valence-corrected chi connectivity index (χ1v) is 5.99. The maximum atomic E-state index is 6.14. The van der Waals surface area contributed by atoms with Gasteiger partial charge in [0.25, 0.3) is 0 Å². The van der Waals surface area contributed by atoms with Crippen molar-refractivity contribution in [3.05, 3.63) is 28.8 Å².